The molecule has 1 N–H and O–H groups in total. The van der Waals surface area contributed by atoms with Gasteiger partial charge in [0.25, 0.3) is 0 Å². The highest BCUT2D eigenvalue weighted by molar-refractivity contribution is 6.36. The molecule has 5 heteroatoms. The van der Waals surface area contributed by atoms with Gasteiger partial charge in [-0.15, -0.1) is 0 Å². The first kappa shape index (κ1) is 16.0. The molecule has 0 atom stereocenters. The van der Waals surface area contributed by atoms with Crippen molar-refractivity contribution in [2.45, 2.75) is 39.2 Å². The van der Waals surface area contributed by atoms with Gasteiger partial charge < -0.3 is 14.7 Å². The van der Waals surface area contributed by atoms with E-state index in [2.05, 4.69) is 5.16 Å². The molecule has 0 spiro atoms. The maximum absolute atomic E-state index is 11.6. The van der Waals surface area contributed by atoms with Gasteiger partial charge in [0.15, 0.2) is 5.71 Å². The number of rotatable bonds is 7. The summed E-state index contributed by atoms with van der Waals surface area (Å²) < 4.78 is 10.1. The van der Waals surface area contributed by atoms with Crippen LogP contribution in [-0.4, -0.2) is 30.1 Å². The van der Waals surface area contributed by atoms with Gasteiger partial charge in [-0.1, -0.05) is 17.3 Å². The Morgan fingerprint density at radius 3 is 2.45 bits per heavy atom. The van der Waals surface area contributed by atoms with Crippen LogP contribution in [0.15, 0.2) is 29.4 Å². The lowest BCUT2D eigenvalue weighted by Crippen LogP contribution is -2.21. The van der Waals surface area contributed by atoms with Crippen LogP contribution in [0.1, 0.15) is 32.3 Å². The molecule has 1 aromatic rings. The summed E-state index contributed by atoms with van der Waals surface area (Å²) in [6, 6.07) is 7.73. The summed E-state index contributed by atoms with van der Waals surface area (Å²) in [6.45, 7) is 3.51. The Balaban J connectivity index is 2.43. The number of carbonyl (C=O) groups excluding carboxylic acids is 1. The summed E-state index contributed by atoms with van der Waals surface area (Å²) in [5, 5.41) is 11.9. The smallest absolute Gasteiger partial charge is 0.356 e. The van der Waals surface area contributed by atoms with Crippen molar-refractivity contribution in [1.82, 2.24) is 0 Å². The number of ether oxygens (including phenoxy) is 2. The lowest BCUT2D eigenvalue weighted by Gasteiger charge is -2.09. The van der Waals surface area contributed by atoms with Gasteiger partial charge in [0, 0.05) is 6.42 Å². The van der Waals surface area contributed by atoms with E-state index in [1.807, 2.05) is 24.3 Å². The van der Waals surface area contributed by atoms with E-state index in [0.717, 1.165) is 17.7 Å². The van der Waals surface area contributed by atoms with Gasteiger partial charge in [0.1, 0.15) is 5.75 Å². The summed E-state index contributed by atoms with van der Waals surface area (Å²) in [7, 11) is 1.62. The highest BCUT2D eigenvalue weighted by Crippen LogP contribution is 2.13. The lowest BCUT2D eigenvalue weighted by molar-refractivity contribution is -0.139. The number of esters is 1. The van der Waals surface area contributed by atoms with E-state index in [4.69, 9.17) is 14.7 Å². The van der Waals surface area contributed by atoms with Crippen LogP contribution in [0.5, 0.6) is 5.75 Å². The molecule has 0 aromatic heterocycles. The van der Waals surface area contributed by atoms with E-state index >= 15 is 0 Å². The molecule has 0 unspecified atom stereocenters. The minimum atomic E-state index is -0.558. The Labute approximate surface area is 119 Å². The van der Waals surface area contributed by atoms with Crippen LogP contribution in [-0.2, 0) is 16.0 Å². The zero-order valence-corrected chi connectivity index (χ0v) is 12.1. The lowest BCUT2D eigenvalue weighted by atomic mass is 10.1. The molecule has 0 fully saturated rings. The highest BCUT2D eigenvalue weighted by atomic mass is 16.5. The average Bonchev–Trinajstić information content (AvgIpc) is 2.43. The minimum Gasteiger partial charge on any atom is -0.497 e. The first-order valence-corrected chi connectivity index (χ1v) is 6.61. The number of aryl methyl sites for hydroxylation is 1. The summed E-state index contributed by atoms with van der Waals surface area (Å²) in [5.41, 5.74) is 1.20. The van der Waals surface area contributed by atoms with Gasteiger partial charge in [-0.2, -0.15) is 0 Å². The Hall–Kier alpha value is -2.04. The molecule has 0 saturated carbocycles. The molecule has 0 heterocycles. The zero-order valence-electron chi connectivity index (χ0n) is 12.1. The van der Waals surface area contributed by atoms with Crippen LogP contribution < -0.4 is 4.74 Å². The van der Waals surface area contributed by atoms with E-state index in [0.29, 0.717) is 12.8 Å². The topological polar surface area (TPSA) is 68.1 Å². The maximum atomic E-state index is 11.6. The van der Waals surface area contributed by atoms with Gasteiger partial charge in [-0.3, -0.25) is 0 Å². The van der Waals surface area contributed by atoms with Crippen molar-refractivity contribution in [3.8, 4) is 5.75 Å². The molecule has 5 nitrogen and oxygen atoms in total. The van der Waals surface area contributed by atoms with Crippen molar-refractivity contribution in [1.29, 1.82) is 0 Å². The standard InChI is InChI=1S/C15H21NO4/c1-11(2)20-15(17)14(16-18)6-4-5-12-7-9-13(19-3)10-8-12/h7-11,18H,4-6H2,1-3H3/b16-14+. The van der Waals surface area contributed by atoms with Crippen molar-refractivity contribution in [2.75, 3.05) is 7.11 Å². The second-order valence-corrected chi connectivity index (χ2v) is 4.70. The maximum Gasteiger partial charge on any atom is 0.356 e. The molecule has 0 bridgehead atoms. The Morgan fingerprint density at radius 1 is 1.30 bits per heavy atom. The largest absolute Gasteiger partial charge is 0.497 e. The fourth-order valence-corrected chi connectivity index (χ4v) is 1.73. The first-order valence-electron chi connectivity index (χ1n) is 6.61. The third-order valence-electron chi connectivity index (χ3n) is 2.74. The quantitative estimate of drug-likeness (QED) is 0.361. The zero-order chi connectivity index (χ0) is 15.0. The van der Waals surface area contributed by atoms with E-state index in [1.165, 1.54) is 0 Å². The predicted molar refractivity (Wildman–Crippen MR) is 76.4 cm³/mol. The second kappa shape index (κ2) is 8.19. The van der Waals surface area contributed by atoms with Crippen LogP contribution in [0.2, 0.25) is 0 Å². The average molecular weight is 279 g/mol. The molecule has 0 amide bonds. The number of oxime groups is 1. The molecule has 0 radical (unpaired) electrons. The van der Waals surface area contributed by atoms with E-state index in [1.54, 1.807) is 21.0 Å². The van der Waals surface area contributed by atoms with Gasteiger partial charge >= 0.3 is 5.97 Å². The minimum absolute atomic E-state index is 0.0622. The van der Waals surface area contributed by atoms with Gasteiger partial charge in [-0.25, -0.2) is 4.79 Å². The number of hydrogen-bond acceptors (Lipinski definition) is 5. The molecule has 0 aliphatic carbocycles. The SMILES string of the molecule is COc1ccc(CCC/C(=N\O)C(=O)OC(C)C)cc1. The van der Waals surface area contributed by atoms with Gasteiger partial charge in [-0.05, 0) is 44.4 Å². The Kier molecular flexibility index (Phi) is 6.56. The molecule has 0 aliphatic heterocycles. The molecule has 0 aliphatic rings. The third kappa shape index (κ3) is 5.30. The second-order valence-electron chi connectivity index (χ2n) is 4.70. The molecular weight excluding hydrogens is 258 g/mol. The highest BCUT2D eigenvalue weighted by Gasteiger charge is 2.15. The summed E-state index contributed by atoms with van der Waals surface area (Å²) in [6.07, 6.45) is 1.66. The van der Waals surface area contributed by atoms with E-state index < -0.39 is 5.97 Å². The number of nitrogens with zero attached hydrogens (tertiary/aromatic N) is 1. The summed E-state index contributed by atoms with van der Waals surface area (Å²) in [4.78, 5) is 11.6. The van der Waals surface area contributed by atoms with Crippen molar-refractivity contribution in [3.05, 3.63) is 29.8 Å². The number of benzene rings is 1. The number of carbonyl (C=O) groups is 1. The molecular formula is C15H21NO4. The normalized spacial score (nSPS) is 11.5. The molecule has 110 valence electrons. The van der Waals surface area contributed by atoms with Gasteiger partial charge in [0.05, 0.1) is 13.2 Å². The van der Waals surface area contributed by atoms with Gasteiger partial charge in [0.2, 0.25) is 0 Å². The monoisotopic (exact) mass is 279 g/mol. The fraction of sp³-hybridized carbons (Fsp3) is 0.467. The number of methoxy groups -OCH3 is 1. The van der Waals surface area contributed by atoms with Crippen molar-refractivity contribution >= 4 is 11.7 Å². The van der Waals surface area contributed by atoms with E-state index in [-0.39, 0.29) is 11.8 Å². The molecule has 1 rings (SSSR count). The number of hydrogen-bond donors (Lipinski definition) is 1. The Bertz CT molecular complexity index is 451. The third-order valence-corrected chi connectivity index (χ3v) is 2.74. The van der Waals surface area contributed by atoms with Crippen LogP contribution in [0.3, 0.4) is 0 Å². The van der Waals surface area contributed by atoms with Crippen LogP contribution in [0.4, 0.5) is 0 Å². The summed E-state index contributed by atoms with van der Waals surface area (Å²) >= 11 is 0. The van der Waals surface area contributed by atoms with Crippen LogP contribution in [0.25, 0.3) is 0 Å². The molecule has 0 saturated heterocycles. The molecule has 1 aromatic carbocycles. The van der Waals surface area contributed by atoms with Crippen molar-refractivity contribution < 1.29 is 19.5 Å². The predicted octanol–water partition coefficient (Wildman–Crippen LogP) is 2.80. The fourth-order valence-electron chi connectivity index (χ4n) is 1.73. The van der Waals surface area contributed by atoms with Crippen molar-refractivity contribution in [3.63, 3.8) is 0 Å². The van der Waals surface area contributed by atoms with Crippen molar-refractivity contribution in [2.24, 2.45) is 5.16 Å². The molecule has 20 heavy (non-hydrogen) atoms. The van der Waals surface area contributed by atoms with Crippen LogP contribution >= 0.6 is 0 Å². The first-order chi connectivity index (χ1) is 9.56. The van der Waals surface area contributed by atoms with Crippen LogP contribution in [0, 0.1) is 0 Å². The van der Waals surface area contributed by atoms with E-state index in [9.17, 15) is 4.79 Å². The Morgan fingerprint density at radius 2 is 1.95 bits per heavy atom. The summed E-state index contributed by atoms with van der Waals surface area (Å²) in [5.74, 6) is 0.254.